The first-order valence-corrected chi connectivity index (χ1v) is 8.40. The predicted molar refractivity (Wildman–Crippen MR) is 91.3 cm³/mol. The Kier molecular flexibility index (Phi) is 9.31. The van der Waals surface area contributed by atoms with Gasteiger partial charge in [0.1, 0.15) is 5.75 Å². The quantitative estimate of drug-likeness (QED) is 0.639. The number of carbonyl (C=O) groups is 1. The summed E-state index contributed by atoms with van der Waals surface area (Å²) in [5.74, 6) is 0.709. The zero-order valence-electron chi connectivity index (χ0n) is 14.2. The standard InChI is InChI=1S/C18H30N2O2/c1-4-16-10-9-11-17(14-16)22-15-18(21)19-12-7-8-13-20(5-2)6-3/h9-11,14H,4-8,12-13,15H2,1-3H3,(H,19,21). The van der Waals surface area contributed by atoms with Gasteiger partial charge in [0.05, 0.1) is 0 Å². The monoisotopic (exact) mass is 306 g/mol. The third-order valence-electron chi connectivity index (χ3n) is 3.79. The average Bonchev–Trinajstić information content (AvgIpc) is 2.56. The summed E-state index contributed by atoms with van der Waals surface area (Å²) in [6.45, 7) is 10.5. The van der Waals surface area contributed by atoms with Crippen LogP contribution < -0.4 is 10.1 Å². The minimum atomic E-state index is -0.0512. The van der Waals surface area contributed by atoms with Crippen LogP contribution in [-0.4, -0.2) is 43.6 Å². The number of rotatable bonds is 11. The van der Waals surface area contributed by atoms with Crippen LogP contribution in [0.15, 0.2) is 24.3 Å². The Morgan fingerprint density at radius 2 is 1.95 bits per heavy atom. The van der Waals surface area contributed by atoms with Gasteiger partial charge >= 0.3 is 0 Å². The highest BCUT2D eigenvalue weighted by atomic mass is 16.5. The van der Waals surface area contributed by atoms with Crippen LogP contribution in [0.4, 0.5) is 0 Å². The molecular weight excluding hydrogens is 276 g/mol. The fourth-order valence-electron chi connectivity index (χ4n) is 2.28. The van der Waals surface area contributed by atoms with E-state index in [1.165, 1.54) is 5.56 Å². The third-order valence-corrected chi connectivity index (χ3v) is 3.79. The van der Waals surface area contributed by atoms with E-state index in [0.29, 0.717) is 0 Å². The van der Waals surface area contributed by atoms with Crippen molar-refractivity contribution < 1.29 is 9.53 Å². The summed E-state index contributed by atoms with van der Waals surface area (Å²) >= 11 is 0. The van der Waals surface area contributed by atoms with Crippen molar-refractivity contribution in [3.63, 3.8) is 0 Å². The molecule has 0 bridgehead atoms. The van der Waals surface area contributed by atoms with Gasteiger partial charge in [-0.2, -0.15) is 0 Å². The Morgan fingerprint density at radius 1 is 1.18 bits per heavy atom. The van der Waals surface area contributed by atoms with E-state index < -0.39 is 0 Å². The maximum absolute atomic E-state index is 11.7. The van der Waals surface area contributed by atoms with Gasteiger partial charge in [-0.15, -0.1) is 0 Å². The summed E-state index contributed by atoms with van der Waals surface area (Å²) in [5.41, 5.74) is 1.22. The first-order valence-electron chi connectivity index (χ1n) is 8.40. The molecule has 0 atom stereocenters. The van der Waals surface area contributed by atoms with Crippen molar-refractivity contribution in [1.29, 1.82) is 0 Å². The van der Waals surface area contributed by atoms with E-state index in [-0.39, 0.29) is 12.5 Å². The van der Waals surface area contributed by atoms with Gasteiger partial charge in [-0.05, 0) is 56.6 Å². The van der Waals surface area contributed by atoms with Gasteiger partial charge in [-0.1, -0.05) is 32.9 Å². The zero-order valence-corrected chi connectivity index (χ0v) is 14.2. The summed E-state index contributed by atoms with van der Waals surface area (Å²) in [7, 11) is 0. The third kappa shape index (κ3) is 7.46. The molecule has 0 radical (unpaired) electrons. The lowest BCUT2D eigenvalue weighted by Crippen LogP contribution is -2.30. The second-order valence-electron chi connectivity index (χ2n) is 5.37. The van der Waals surface area contributed by atoms with Crippen LogP contribution >= 0.6 is 0 Å². The van der Waals surface area contributed by atoms with E-state index in [2.05, 4.69) is 37.1 Å². The Balaban J connectivity index is 2.13. The normalized spacial score (nSPS) is 10.7. The highest BCUT2D eigenvalue weighted by Crippen LogP contribution is 2.13. The van der Waals surface area contributed by atoms with Gasteiger partial charge < -0.3 is 15.0 Å². The van der Waals surface area contributed by atoms with Crippen molar-refractivity contribution >= 4 is 5.91 Å². The molecular formula is C18H30N2O2. The molecule has 22 heavy (non-hydrogen) atoms. The summed E-state index contributed by atoms with van der Waals surface area (Å²) in [6, 6.07) is 7.88. The number of unbranched alkanes of at least 4 members (excludes halogenated alkanes) is 1. The molecule has 0 spiro atoms. The van der Waals surface area contributed by atoms with Crippen LogP contribution in [0, 0.1) is 0 Å². The average molecular weight is 306 g/mol. The van der Waals surface area contributed by atoms with Crippen LogP contribution in [0.5, 0.6) is 5.75 Å². The molecule has 0 aliphatic rings. The lowest BCUT2D eigenvalue weighted by atomic mass is 10.2. The van der Waals surface area contributed by atoms with Crippen molar-refractivity contribution in [3.05, 3.63) is 29.8 Å². The molecule has 0 saturated carbocycles. The number of nitrogens with one attached hydrogen (secondary N) is 1. The minimum Gasteiger partial charge on any atom is -0.484 e. The molecule has 0 aliphatic carbocycles. The van der Waals surface area contributed by atoms with E-state index >= 15 is 0 Å². The molecule has 0 unspecified atom stereocenters. The fourth-order valence-corrected chi connectivity index (χ4v) is 2.28. The number of aryl methyl sites for hydroxylation is 1. The lowest BCUT2D eigenvalue weighted by Gasteiger charge is -2.17. The molecule has 1 N–H and O–H groups in total. The molecule has 4 heteroatoms. The Bertz CT molecular complexity index is 431. The topological polar surface area (TPSA) is 41.6 Å². The second-order valence-corrected chi connectivity index (χ2v) is 5.37. The maximum Gasteiger partial charge on any atom is 0.257 e. The van der Waals surface area contributed by atoms with E-state index in [0.717, 1.165) is 51.2 Å². The Morgan fingerprint density at radius 3 is 2.64 bits per heavy atom. The number of benzene rings is 1. The first-order chi connectivity index (χ1) is 10.7. The van der Waals surface area contributed by atoms with Gasteiger partial charge in [-0.25, -0.2) is 0 Å². The number of hydrogen-bond donors (Lipinski definition) is 1. The molecule has 0 heterocycles. The first kappa shape index (κ1) is 18.5. The minimum absolute atomic E-state index is 0.0512. The molecule has 0 aromatic heterocycles. The largest absolute Gasteiger partial charge is 0.484 e. The van der Waals surface area contributed by atoms with Crippen LogP contribution in [0.1, 0.15) is 39.2 Å². The number of nitrogens with zero attached hydrogens (tertiary/aromatic N) is 1. The molecule has 1 amide bonds. The van der Waals surface area contributed by atoms with Gasteiger partial charge in [0, 0.05) is 6.54 Å². The highest BCUT2D eigenvalue weighted by molar-refractivity contribution is 5.77. The summed E-state index contributed by atoms with van der Waals surface area (Å²) in [6.07, 6.45) is 3.09. The SMILES string of the molecule is CCc1cccc(OCC(=O)NCCCCN(CC)CC)c1. The fraction of sp³-hybridized carbons (Fsp3) is 0.611. The maximum atomic E-state index is 11.7. The van der Waals surface area contributed by atoms with Crippen LogP contribution in [0.25, 0.3) is 0 Å². The number of hydrogen-bond acceptors (Lipinski definition) is 3. The molecule has 0 aliphatic heterocycles. The van der Waals surface area contributed by atoms with Crippen molar-refractivity contribution in [1.82, 2.24) is 10.2 Å². The zero-order chi connectivity index (χ0) is 16.2. The number of carbonyl (C=O) groups excluding carboxylic acids is 1. The van der Waals surface area contributed by atoms with E-state index in [9.17, 15) is 4.79 Å². The van der Waals surface area contributed by atoms with Gasteiger partial charge in [0.25, 0.3) is 5.91 Å². The Labute approximate surface area is 134 Å². The molecule has 4 nitrogen and oxygen atoms in total. The second kappa shape index (κ2) is 11.1. The van der Waals surface area contributed by atoms with E-state index in [1.54, 1.807) is 0 Å². The van der Waals surface area contributed by atoms with Crippen molar-refractivity contribution in [2.75, 3.05) is 32.8 Å². The van der Waals surface area contributed by atoms with Gasteiger partial charge in [0.15, 0.2) is 6.61 Å². The summed E-state index contributed by atoms with van der Waals surface area (Å²) in [4.78, 5) is 14.1. The molecule has 0 saturated heterocycles. The highest BCUT2D eigenvalue weighted by Gasteiger charge is 2.03. The Hall–Kier alpha value is -1.55. The molecule has 1 rings (SSSR count). The van der Waals surface area contributed by atoms with Crippen LogP contribution in [-0.2, 0) is 11.2 Å². The summed E-state index contributed by atoms with van der Waals surface area (Å²) < 4.78 is 5.52. The molecule has 124 valence electrons. The lowest BCUT2D eigenvalue weighted by molar-refractivity contribution is -0.123. The van der Waals surface area contributed by atoms with E-state index in [1.807, 2.05) is 18.2 Å². The predicted octanol–water partition coefficient (Wildman–Crippen LogP) is 2.87. The van der Waals surface area contributed by atoms with Gasteiger partial charge in [-0.3, -0.25) is 4.79 Å². The van der Waals surface area contributed by atoms with E-state index in [4.69, 9.17) is 4.74 Å². The molecule has 1 aromatic rings. The smallest absolute Gasteiger partial charge is 0.257 e. The van der Waals surface area contributed by atoms with Crippen molar-refractivity contribution in [2.24, 2.45) is 0 Å². The molecule has 0 fully saturated rings. The summed E-state index contributed by atoms with van der Waals surface area (Å²) in [5, 5.41) is 2.91. The van der Waals surface area contributed by atoms with Crippen LogP contribution in [0.3, 0.4) is 0 Å². The van der Waals surface area contributed by atoms with Crippen LogP contribution in [0.2, 0.25) is 0 Å². The van der Waals surface area contributed by atoms with Crippen molar-refractivity contribution in [3.8, 4) is 5.75 Å². The number of amides is 1. The molecule has 1 aromatic carbocycles. The van der Waals surface area contributed by atoms with Gasteiger partial charge in [0.2, 0.25) is 0 Å². The van der Waals surface area contributed by atoms with Crippen molar-refractivity contribution in [2.45, 2.75) is 40.0 Å². The number of ether oxygens (including phenoxy) is 1.